The summed E-state index contributed by atoms with van der Waals surface area (Å²) in [5.74, 6) is 1.81. The Bertz CT molecular complexity index is 902. The van der Waals surface area contributed by atoms with Crippen molar-refractivity contribution in [3.63, 3.8) is 0 Å². The van der Waals surface area contributed by atoms with Gasteiger partial charge in [-0.2, -0.15) is 0 Å². The molecular weight excluding hydrogens is 517 g/mol. The highest BCUT2D eigenvalue weighted by Gasteiger charge is 2.21. The lowest BCUT2D eigenvalue weighted by Crippen LogP contribution is -2.41. The molecule has 7 nitrogen and oxygen atoms in total. The van der Waals surface area contributed by atoms with Crippen molar-refractivity contribution in [1.29, 1.82) is 0 Å². The molecule has 2 N–H and O–H groups in total. The summed E-state index contributed by atoms with van der Waals surface area (Å²) in [6.45, 7) is 2.17. The fourth-order valence-electron chi connectivity index (χ4n) is 3.76. The van der Waals surface area contributed by atoms with Gasteiger partial charge in [0.1, 0.15) is 5.75 Å². The number of carbonyl (C=O) groups excluding carboxylic acids is 1. The molecule has 1 aliphatic heterocycles. The van der Waals surface area contributed by atoms with E-state index in [9.17, 15) is 4.79 Å². The smallest absolute Gasteiger partial charge is 0.227 e. The molecule has 0 saturated carbocycles. The molecule has 3 rings (SSSR count). The summed E-state index contributed by atoms with van der Waals surface area (Å²) in [5, 5.41) is 6.79. The molecular formula is C24H34IN5O2. The first-order valence-electron chi connectivity index (χ1n) is 10.7. The van der Waals surface area contributed by atoms with Crippen molar-refractivity contribution >= 4 is 41.5 Å². The zero-order chi connectivity index (χ0) is 22.2. The molecule has 1 fully saturated rings. The van der Waals surface area contributed by atoms with E-state index in [0.717, 1.165) is 35.9 Å². The van der Waals surface area contributed by atoms with E-state index in [1.165, 1.54) is 5.56 Å². The Labute approximate surface area is 208 Å². The van der Waals surface area contributed by atoms with Gasteiger partial charge in [-0.25, -0.2) is 0 Å². The van der Waals surface area contributed by atoms with Crippen molar-refractivity contribution in [3.8, 4) is 5.75 Å². The molecule has 0 spiro atoms. The minimum Gasteiger partial charge on any atom is -0.497 e. The minimum atomic E-state index is 0. The average Bonchev–Trinajstić information content (AvgIpc) is 3.22. The molecule has 1 heterocycles. The molecule has 174 valence electrons. The fourth-order valence-corrected chi connectivity index (χ4v) is 3.76. The van der Waals surface area contributed by atoms with E-state index >= 15 is 0 Å². The molecule has 2 aromatic rings. The van der Waals surface area contributed by atoms with Crippen molar-refractivity contribution in [2.24, 2.45) is 4.99 Å². The number of rotatable bonds is 8. The summed E-state index contributed by atoms with van der Waals surface area (Å²) >= 11 is 0. The molecule has 2 aromatic carbocycles. The minimum absolute atomic E-state index is 0. The van der Waals surface area contributed by atoms with E-state index in [1.54, 1.807) is 14.2 Å². The Morgan fingerprint density at radius 3 is 2.53 bits per heavy atom. The SMILES string of the molecule is CN=C(NCc1ccc(N2CCCC2=O)cc1)NCC(c1cccc(OC)c1)N(C)C.I. The monoisotopic (exact) mass is 551 g/mol. The van der Waals surface area contributed by atoms with Crippen LogP contribution < -0.4 is 20.3 Å². The number of guanidine groups is 1. The van der Waals surface area contributed by atoms with Gasteiger partial charge in [0.2, 0.25) is 5.91 Å². The van der Waals surface area contributed by atoms with Gasteiger partial charge in [-0.3, -0.25) is 9.79 Å². The first-order valence-corrected chi connectivity index (χ1v) is 10.7. The van der Waals surface area contributed by atoms with Gasteiger partial charge < -0.3 is 25.2 Å². The largest absolute Gasteiger partial charge is 0.497 e. The molecule has 1 saturated heterocycles. The van der Waals surface area contributed by atoms with E-state index in [-0.39, 0.29) is 35.9 Å². The first-order chi connectivity index (χ1) is 15.0. The number of amides is 1. The number of likely N-dealkylation sites (N-methyl/N-ethyl adjacent to an activating group) is 1. The van der Waals surface area contributed by atoms with Crippen LogP contribution in [0.2, 0.25) is 0 Å². The molecule has 1 aliphatic rings. The third kappa shape index (κ3) is 6.83. The van der Waals surface area contributed by atoms with Crippen molar-refractivity contribution < 1.29 is 9.53 Å². The highest BCUT2D eigenvalue weighted by atomic mass is 127. The van der Waals surface area contributed by atoms with Crippen molar-refractivity contribution in [2.75, 3.05) is 46.2 Å². The van der Waals surface area contributed by atoms with Gasteiger partial charge in [-0.05, 0) is 55.9 Å². The molecule has 8 heteroatoms. The van der Waals surface area contributed by atoms with Gasteiger partial charge in [0.05, 0.1) is 13.2 Å². The quantitative estimate of drug-likeness (QED) is 0.299. The predicted octanol–water partition coefficient (Wildman–Crippen LogP) is 3.41. The van der Waals surface area contributed by atoms with Crippen LogP contribution in [0.25, 0.3) is 0 Å². The maximum Gasteiger partial charge on any atom is 0.227 e. The van der Waals surface area contributed by atoms with Crippen LogP contribution >= 0.6 is 24.0 Å². The lowest BCUT2D eigenvalue weighted by Gasteiger charge is -2.26. The van der Waals surface area contributed by atoms with Gasteiger partial charge in [0, 0.05) is 38.8 Å². The van der Waals surface area contributed by atoms with Crippen LogP contribution in [0.4, 0.5) is 5.69 Å². The second kappa shape index (κ2) is 12.6. The van der Waals surface area contributed by atoms with Crippen molar-refractivity contribution in [2.45, 2.75) is 25.4 Å². The molecule has 1 amide bonds. The first kappa shape index (κ1) is 25.9. The van der Waals surface area contributed by atoms with Crippen LogP contribution in [0.15, 0.2) is 53.5 Å². The van der Waals surface area contributed by atoms with Gasteiger partial charge in [0.25, 0.3) is 0 Å². The van der Waals surface area contributed by atoms with Crippen LogP contribution in [0.5, 0.6) is 5.75 Å². The number of nitrogens with one attached hydrogen (secondary N) is 2. The number of carbonyl (C=O) groups is 1. The number of benzene rings is 2. The zero-order valence-corrected chi connectivity index (χ0v) is 21.6. The second-order valence-electron chi connectivity index (χ2n) is 7.88. The summed E-state index contributed by atoms with van der Waals surface area (Å²) in [4.78, 5) is 20.3. The summed E-state index contributed by atoms with van der Waals surface area (Å²) in [5.41, 5.74) is 3.29. The highest BCUT2D eigenvalue weighted by molar-refractivity contribution is 14.0. The molecule has 0 bridgehead atoms. The Kier molecular flexibility index (Phi) is 10.2. The normalized spacial score (nSPS) is 14.8. The number of hydrogen-bond donors (Lipinski definition) is 2. The van der Waals surface area contributed by atoms with E-state index in [1.807, 2.05) is 29.2 Å². The standard InChI is InChI=1S/C24H33N5O2.HI/c1-25-24(27-17-22(28(2)3)19-7-5-8-21(15-19)31-4)26-16-18-10-12-20(13-11-18)29-14-6-9-23(29)30;/h5,7-8,10-13,15,22H,6,9,14,16-17H2,1-4H3,(H2,25,26,27);1H. The van der Waals surface area contributed by atoms with Crippen LogP contribution in [0.3, 0.4) is 0 Å². The number of ether oxygens (including phenoxy) is 1. The molecule has 32 heavy (non-hydrogen) atoms. The zero-order valence-electron chi connectivity index (χ0n) is 19.3. The summed E-state index contributed by atoms with van der Waals surface area (Å²) < 4.78 is 5.37. The topological polar surface area (TPSA) is 69.2 Å². The Morgan fingerprint density at radius 1 is 1.19 bits per heavy atom. The average molecular weight is 551 g/mol. The van der Waals surface area contributed by atoms with Gasteiger partial charge in [0.15, 0.2) is 5.96 Å². The maximum absolute atomic E-state index is 11.9. The lowest BCUT2D eigenvalue weighted by atomic mass is 10.1. The highest BCUT2D eigenvalue weighted by Crippen LogP contribution is 2.23. The third-order valence-electron chi connectivity index (χ3n) is 5.57. The van der Waals surface area contributed by atoms with Crippen LogP contribution in [0.1, 0.15) is 30.0 Å². The van der Waals surface area contributed by atoms with E-state index in [2.05, 4.69) is 58.9 Å². The Morgan fingerprint density at radius 2 is 1.94 bits per heavy atom. The summed E-state index contributed by atoms with van der Waals surface area (Å²) in [6, 6.07) is 16.5. The molecule has 1 atom stereocenters. The molecule has 0 aromatic heterocycles. The Hall–Kier alpha value is -2.33. The molecule has 0 radical (unpaired) electrons. The van der Waals surface area contributed by atoms with Crippen LogP contribution in [-0.2, 0) is 11.3 Å². The number of halogens is 1. The molecule has 1 unspecified atom stereocenters. The summed E-state index contributed by atoms with van der Waals surface area (Å²) in [7, 11) is 7.58. The van der Waals surface area contributed by atoms with E-state index in [0.29, 0.717) is 19.5 Å². The van der Waals surface area contributed by atoms with Crippen LogP contribution in [0, 0.1) is 0 Å². The summed E-state index contributed by atoms with van der Waals surface area (Å²) in [6.07, 6.45) is 1.59. The number of anilines is 1. The third-order valence-corrected chi connectivity index (χ3v) is 5.57. The number of aliphatic imine (C=N–C) groups is 1. The van der Waals surface area contributed by atoms with Gasteiger partial charge in [-0.15, -0.1) is 24.0 Å². The van der Waals surface area contributed by atoms with Gasteiger partial charge >= 0.3 is 0 Å². The van der Waals surface area contributed by atoms with E-state index in [4.69, 9.17) is 4.74 Å². The maximum atomic E-state index is 11.9. The second-order valence-corrected chi connectivity index (χ2v) is 7.88. The van der Waals surface area contributed by atoms with Crippen molar-refractivity contribution in [1.82, 2.24) is 15.5 Å². The van der Waals surface area contributed by atoms with E-state index < -0.39 is 0 Å². The number of methoxy groups -OCH3 is 1. The fraction of sp³-hybridized carbons (Fsp3) is 0.417. The number of nitrogens with zero attached hydrogens (tertiary/aromatic N) is 3. The van der Waals surface area contributed by atoms with Gasteiger partial charge in [-0.1, -0.05) is 24.3 Å². The number of hydrogen-bond acceptors (Lipinski definition) is 4. The van der Waals surface area contributed by atoms with Crippen LogP contribution in [-0.4, -0.2) is 58.1 Å². The molecule has 0 aliphatic carbocycles. The van der Waals surface area contributed by atoms with Crippen molar-refractivity contribution in [3.05, 3.63) is 59.7 Å². The predicted molar refractivity (Wildman–Crippen MR) is 141 cm³/mol. The Balaban J connectivity index is 0.00000363. The lowest BCUT2D eigenvalue weighted by molar-refractivity contribution is -0.117.